The Hall–Kier alpha value is -2.88. The number of amides is 1. The average Bonchev–Trinajstić information content (AvgIpc) is 2.72. The molecular weight excluding hydrogens is 384 g/mol. The zero-order valence-corrected chi connectivity index (χ0v) is 17.7. The van der Waals surface area contributed by atoms with Crippen LogP contribution in [0.1, 0.15) is 44.9 Å². The molecular formula is C27H28N2O2. The first kappa shape index (κ1) is 18.9. The predicted molar refractivity (Wildman–Crippen MR) is 123 cm³/mol. The number of aromatic hydroxyl groups is 1. The fourth-order valence-corrected chi connectivity index (χ4v) is 7.15. The lowest BCUT2D eigenvalue weighted by molar-refractivity contribution is -0.124. The topological polar surface area (TPSA) is 62.2 Å². The number of benzene rings is 2. The summed E-state index contributed by atoms with van der Waals surface area (Å²) in [5.74, 6) is 2.92. The zero-order valence-electron chi connectivity index (χ0n) is 17.7. The fourth-order valence-electron chi connectivity index (χ4n) is 7.15. The second-order valence-corrected chi connectivity index (χ2v) is 10.2. The molecule has 1 amide bonds. The molecule has 4 fully saturated rings. The number of anilines is 1. The van der Waals surface area contributed by atoms with Gasteiger partial charge in [-0.15, -0.1) is 0 Å². The van der Waals surface area contributed by atoms with Gasteiger partial charge >= 0.3 is 0 Å². The highest BCUT2D eigenvalue weighted by atomic mass is 16.3. The molecule has 0 saturated heterocycles. The van der Waals surface area contributed by atoms with E-state index in [4.69, 9.17) is 4.98 Å². The molecule has 4 aliphatic carbocycles. The Labute approximate surface area is 182 Å². The maximum absolute atomic E-state index is 13.1. The number of phenols is 1. The predicted octanol–water partition coefficient (Wildman–Crippen LogP) is 6.15. The molecule has 2 N–H and O–H groups in total. The van der Waals surface area contributed by atoms with Crippen molar-refractivity contribution < 1.29 is 9.90 Å². The molecule has 158 valence electrons. The van der Waals surface area contributed by atoms with Gasteiger partial charge in [-0.2, -0.15) is 0 Å². The Bertz CT molecular complexity index is 1130. The monoisotopic (exact) mass is 412 g/mol. The van der Waals surface area contributed by atoms with Crippen LogP contribution in [0.5, 0.6) is 5.75 Å². The molecule has 4 nitrogen and oxygen atoms in total. The largest absolute Gasteiger partial charge is 0.507 e. The highest BCUT2D eigenvalue weighted by Gasteiger charge is 2.51. The Morgan fingerprint density at radius 2 is 1.65 bits per heavy atom. The summed E-state index contributed by atoms with van der Waals surface area (Å²) in [5, 5.41) is 14.3. The van der Waals surface area contributed by atoms with E-state index in [9.17, 15) is 9.90 Å². The standard InChI is InChI=1S/C27H28N2O2/c30-25-7-2-1-4-21(25)24-9-8-20-22(28-24)5-3-6-23(20)29-26(31)16-27-13-17-10-18(14-27)12-19(11-17)15-27/h1-9,17-19,30H,10-16H2,(H,29,31). The third-order valence-corrected chi connectivity index (χ3v) is 7.89. The van der Waals surface area contributed by atoms with E-state index in [-0.39, 0.29) is 17.1 Å². The quantitative estimate of drug-likeness (QED) is 0.540. The van der Waals surface area contributed by atoms with Crippen LogP contribution in [0.2, 0.25) is 0 Å². The van der Waals surface area contributed by atoms with E-state index in [0.717, 1.165) is 40.0 Å². The summed E-state index contributed by atoms with van der Waals surface area (Å²) in [6.45, 7) is 0. The number of carbonyl (C=O) groups is 1. The minimum Gasteiger partial charge on any atom is -0.507 e. The van der Waals surface area contributed by atoms with Crippen LogP contribution >= 0.6 is 0 Å². The number of aromatic nitrogens is 1. The number of hydrogen-bond donors (Lipinski definition) is 2. The van der Waals surface area contributed by atoms with Crippen LogP contribution in [0.3, 0.4) is 0 Å². The lowest BCUT2D eigenvalue weighted by Crippen LogP contribution is -2.47. The minimum absolute atomic E-state index is 0.138. The van der Waals surface area contributed by atoms with Crippen molar-refractivity contribution in [3.63, 3.8) is 0 Å². The molecule has 3 aromatic rings. The molecule has 1 heterocycles. The highest BCUT2D eigenvalue weighted by molar-refractivity contribution is 6.01. The van der Waals surface area contributed by atoms with Crippen molar-refractivity contribution in [2.75, 3.05) is 5.32 Å². The average molecular weight is 413 g/mol. The Morgan fingerprint density at radius 3 is 2.35 bits per heavy atom. The molecule has 4 aliphatic rings. The highest BCUT2D eigenvalue weighted by Crippen LogP contribution is 2.61. The smallest absolute Gasteiger partial charge is 0.224 e. The van der Waals surface area contributed by atoms with E-state index >= 15 is 0 Å². The first-order chi connectivity index (χ1) is 15.1. The number of hydrogen-bond acceptors (Lipinski definition) is 3. The molecule has 0 unspecified atom stereocenters. The van der Waals surface area contributed by atoms with Gasteiger partial charge in [0.15, 0.2) is 0 Å². The lowest BCUT2D eigenvalue weighted by atomic mass is 9.49. The van der Waals surface area contributed by atoms with E-state index < -0.39 is 0 Å². The van der Waals surface area contributed by atoms with Crippen LogP contribution in [0.4, 0.5) is 5.69 Å². The third kappa shape index (κ3) is 3.38. The number of phenolic OH excluding ortho intramolecular Hbond substituents is 1. The van der Waals surface area contributed by atoms with Gasteiger partial charge in [0.25, 0.3) is 0 Å². The maximum atomic E-state index is 13.1. The van der Waals surface area contributed by atoms with Crippen molar-refractivity contribution >= 4 is 22.5 Å². The Balaban J connectivity index is 1.24. The summed E-state index contributed by atoms with van der Waals surface area (Å²) in [6, 6.07) is 17.0. The summed E-state index contributed by atoms with van der Waals surface area (Å²) in [7, 11) is 0. The number of nitrogens with zero attached hydrogens (tertiary/aromatic N) is 1. The van der Waals surface area contributed by atoms with Crippen molar-refractivity contribution in [2.24, 2.45) is 23.2 Å². The van der Waals surface area contributed by atoms with Gasteiger partial charge in [-0.25, -0.2) is 4.98 Å². The van der Waals surface area contributed by atoms with Crippen LogP contribution < -0.4 is 5.32 Å². The summed E-state index contributed by atoms with van der Waals surface area (Å²) >= 11 is 0. The first-order valence-corrected chi connectivity index (χ1v) is 11.5. The second-order valence-electron chi connectivity index (χ2n) is 10.2. The summed E-state index contributed by atoms with van der Waals surface area (Å²) < 4.78 is 0. The third-order valence-electron chi connectivity index (χ3n) is 7.89. The molecule has 4 heteroatoms. The number of para-hydroxylation sites is 1. The molecule has 31 heavy (non-hydrogen) atoms. The van der Waals surface area contributed by atoms with Crippen LogP contribution in [0.25, 0.3) is 22.2 Å². The van der Waals surface area contributed by atoms with Crippen LogP contribution in [0.15, 0.2) is 54.6 Å². The van der Waals surface area contributed by atoms with Gasteiger partial charge in [0.05, 0.1) is 16.9 Å². The first-order valence-electron chi connectivity index (χ1n) is 11.5. The van der Waals surface area contributed by atoms with Crippen LogP contribution in [-0.2, 0) is 4.79 Å². The van der Waals surface area contributed by atoms with E-state index in [2.05, 4.69) is 5.32 Å². The fraction of sp³-hybridized carbons (Fsp3) is 0.407. The second kappa shape index (κ2) is 7.08. The molecule has 0 radical (unpaired) electrons. The Kier molecular flexibility index (Phi) is 4.31. The number of nitrogens with one attached hydrogen (secondary N) is 1. The molecule has 0 atom stereocenters. The van der Waals surface area contributed by atoms with Crippen LogP contribution in [-0.4, -0.2) is 16.0 Å². The van der Waals surface area contributed by atoms with Crippen molar-refractivity contribution in [3.05, 3.63) is 54.6 Å². The number of carbonyl (C=O) groups excluding carboxylic acids is 1. The normalized spacial score (nSPS) is 28.7. The molecule has 4 bridgehead atoms. The number of fused-ring (bicyclic) bond motifs is 1. The van der Waals surface area contributed by atoms with Gasteiger partial charge in [0.1, 0.15) is 5.75 Å². The molecule has 2 aromatic carbocycles. The molecule has 4 saturated carbocycles. The summed E-state index contributed by atoms with van der Waals surface area (Å²) in [4.78, 5) is 17.9. The van der Waals surface area contributed by atoms with E-state index in [1.165, 1.54) is 38.5 Å². The number of pyridine rings is 1. The van der Waals surface area contributed by atoms with E-state index in [1.807, 2.05) is 42.5 Å². The van der Waals surface area contributed by atoms with Crippen LogP contribution in [0, 0.1) is 23.2 Å². The minimum atomic E-state index is 0.138. The summed E-state index contributed by atoms with van der Waals surface area (Å²) in [5.41, 5.74) is 3.31. The Morgan fingerprint density at radius 1 is 0.935 bits per heavy atom. The van der Waals surface area contributed by atoms with Gasteiger partial charge in [-0.05, 0) is 98.1 Å². The van der Waals surface area contributed by atoms with Gasteiger partial charge in [0, 0.05) is 17.4 Å². The van der Waals surface area contributed by atoms with Gasteiger partial charge in [-0.3, -0.25) is 4.79 Å². The molecule has 0 aliphatic heterocycles. The van der Waals surface area contributed by atoms with E-state index in [1.54, 1.807) is 12.1 Å². The van der Waals surface area contributed by atoms with E-state index in [0.29, 0.717) is 12.0 Å². The van der Waals surface area contributed by atoms with Gasteiger partial charge < -0.3 is 10.4 Å². The van der Waals surface area contributed by atoms with Gasteiger partial charge in [0.2, 0.25) is 5.91 Å². The summed E-state index contributed by atoms with van der Waals surface area (Å²) in [6.07, 6.45) is 8.57. The lowest BCUT2D eigenvalue weighted by Gasteiger charge is -2.56. The zero-order chi connectivity index (χ0) is 21.0. The molecule has 0 spiro atoms. The van der Waals surface area contributed by atoms with Gasteiger partial charge in [-0.1, -0.05) is 18.2 Å². The number of rotatable bonds is 4. The molecule has 7 rings (SSSR count). The molecule has 1 aromatic heterocycles. The maximum Gasteiger partial charge on any atom is 0.224 e. The SMILES string of the molecule is O=C(CC12CC3CC(CC(C3)C1)C2)Nc1cccc2nc(-c3ccccc3O)ccc12. The van der Waals surface area contributed by atoms with Crippen molar-refractivity contribution in [1.82, 2.24) is 4.98 Å². The van der Waals surface area contributed by atoms with Crippen molar-refractivity contribution in [3.8, 4) is 17.0 Å². The van der Waals surface area contributed by atoms with Crippen molar-refractivity contribution in [1.29, 1.82) is 0 Å². The van der Waals surface area contributed by atoms with Crippen molar-refractivity contribution in [2.45, 2.75) is 44.9 Å².